The summed E-state index contributed by atoms with van der Waals surface area (Å²) in [4.78, 5) is 5.57. The number of hydrogen-bond donors (Lipinski definition) is 2. The van der Waals surface area contributed by atoms with E-state index in [1.54, 1.807) is 24.3 Å². The second-order valence-corrected chi connectivity index (χ2v) is 15.5. The van der Waals surface area contributed by atoms with Crippen LogP contribution in [0.4, 0.5) is 0 Å². The summed E-state index contributed by atoms with van der Waals surface area (Å²) in [5.74, 6) is 0. The van der Waals surface area contributed by atoms with Crippen molar-refractivity contribution in [2.75, 3.05) is 52.4 Å². The van der Waals surface area contributed by atoms with Gasteiger partial charge in [-0.15, -0.1) is 0 Å². The fourth-order valence-corrected chi connectivity index (χ4v) is 8.35. The van der Waals surface area contributed by atoms with Crippen LogP contribution >= 0.6 is 22.6 Å². The normalized spacial score (nSPS) is 16.7. The Kier molecular flexibility index (Phi) is 13.3. The first-order valence-corrected chi connectivity index (χ1v) is 18.3. The van der Waals surface area contributed by atoms with Gasteiger partial charge in [-0.05, 0) is 157 Å². The monoisotopic (exact) mass is 704 g/mol. The van der Waals surface area contributed by atoms with Gasteiger partial charge >= 0.3 is 0 Å². The molecule has 2 heterocycles. The van der Waals surface area contributed by atoms with Gasteiger partial charge in [-0.1, -0.05) is 17.7 Å². The molecule has 2 aromatic rings. The van der Waals surface area contributed by atoms with Crippen LogP contribution in [0.2, 0.25) is 0 Å². The van der Waals surface area contributed by atoms with E-state index in [4.69, 9.17) is 0 Å². The number of likely N-dealkylation sites (tertiary alicyclic amines) is 2. The predicted octanol–water partition coefficient (Wildman–Crippen LogP) is 4.43. The fraction of sp³-hybridized carbons (Fsp3) is 0.586. The second kappa shape index (κ2) is 15.9. The second-order valence-electron chi connectivity index (χ2n) is 10.8. The molecule has 0 bridgehead atoms. The van der Waals surface area contributed by atoms with E-state index in [1.165, 1.54) is 25.7 Å². The quantitative estimate of drug-likeness (QED) is 0.251. The summed E-state index contributed by atoms with van der Waals surface area (Å²) in [6, 6.07) is 10.7. The van der Waals surface area contributed by atoms with Crippen molar-refractivity contribution in [1.29, 1.82) is 0 Å². The van der Waals surface area contributed by atoms with E-state index in [9.17, 15) is 16.8 Å². The third kappa shape index (κ3) is 10.6. The Balaban J connectivity index is 0.000000222. The maximum Gasteiger partial charge on any atom is 0.241 e. The molecule has 2 N–H and O–H groups in total. The van der Waals surface area contributed by atoms with Crippen LogP contribution in [-0.2, 0) is 20.0 Å². The van der Waals surface area contributed by atoms with E-state index in [0.29, 0.717) is 22.9 Å². The molecule has 0 radical (unpaired) electrons. The molecule has 8 nitrogen and oxygen atoms in total. The minimum atomic E-state index is -3.40. The molecular formula is C29H45IN4O4S2. The van der Waals surface area contributed by atoms with Gasteiger partial charge in [0.25, 0.3) is 0 Å². The molecule has 2 aliphatic heterocycles. The predicted molar refractivity (Wildman–Crippen MR) is 171 cm³/mol. The van der Waals surface area contributed by atoms with Crippen LogP contribution in [-0.4, -0.2) is 79.0 Å². The zero-order valence-electron chi connectivity index (χ0n) is 24.1. The fourth-order valence-electron chi connectivity index (χ4n) is 5.39. The first-order chi connectivity index (χ1) is 19.0. The number of rotatable bonds is 12. The van der Waals surface area contributed by atoms with Gasteiger partial charge in [0.2, 0.25) is 20.0 Å². The molecule has 4 rings (SSSR count). The van der Waals surface area contributed by atoms with Crippen LogP contribution in [0, 0.1) is 24.3 Å². The highest BCUT2D eigenvalue weighted by Crippen LogP contribution is 2.21. The third-order valence-electron chi connectivity index (χ3n) is 7.28. The molecule has 2 saturated heterocycles. The van der Waals surface area contributed by atoms with E-state index in [1.807, 2.05) is 32.9 Å². The molecule has 2 aromatic carbocycles. The van der Waals surface area contributed by atoms with Crippen LogP contribution in [0.15, 0.2) is 46.2 Å². The summed E-state index contributed by atoms with van der Waals surface area (Å²) >= 11 is 2.16. The topological polar surface area (TPSA) is 98.8 Å². The zero-order valence-corrected chi connectivity index (χ0v) is 27.9. The summed E-state index contributed by atoms with van der Waals surface area (Å²) in [5.41, 5.74) is 2.73. The zero-order chi connectivity index (χ0) is 29.2. The van der Waals surface area contributed by atoms with Gasteiger partial charge in [-0.25, -0.2) is 26.3 Å². The lowest BCUT2D eigenvalue weighted by atomic mass is 10.1. The molecule has 2 aliphatic rings. The Labute approximate surface area is 255 Å². The number of benzene rings is 2. The highest BCUT2D eigenvalue weighted by atomic mass is 127. The summed E-state index contributed by atoms with van der Waals surface area (Å²) in [6.45, 7) is 13.3. The highest BCUT2D eigenvalue weighted by molar-refractivity contribution is 14.1. The van der Waals surface area contributed by atoms with Gasteiger partial charge in [-0.2, -0.15) is 0 Å². The molecule has 0 spiro atoms. The van der Waals surface area contributed by atoms with E-state index in [0.717, 1.165) is 72.4 Å². The average Bonchev–Trinajstić information content (AvgIpc) is 3.59. The maximum atomic E-state index is 12.5. The minimum Gasteiger partial charge on any atom is -0.303 e. The lowest BCUT2D eigenvalue weighted by Crippen LogP contribution is -2.29. The van der Waals surface area contributed by atoms with Gasteiger partial charge < -0.3 is 9.80 Å². The Morgan fingerprint density at radius 2 is 1.12 bits per heavy atom. The number of sulfonamides is 2. The van der Waals surface area contributed by atoms with E-state index in [-0.39, 0.29) is 0 Å². The van der Waals surface area contributed by atoms with Crippen LogP contribution in [0.1, 0.15) is 55.2 Å². The van der Waals surface area contributed by atoms with Crippen molar-refractivity contribution in [2.24, 2.45) is 0 Å². The largest absolute Gasteiger partial charge is 0.303 e. The van der Waals surface area contributed by atoms with E-state index >= 15 is 0 Å². The Morgan fingerprint density at radius 1 is 0.700 bits per heavy atom. The number of nitrogens with zero attached hydrogens (tertiary/aromatic N) is 2. The molecule has 11 heteroatoms. The third-order valence-corrected chi connectivity index (χ3v) is 11.2. The molecule has 0 amide bonds. The first kappa shape index (κ1) is 33.4. The molecule has 0 atom stereocenters. The van der Waals surface area contributed by atoms with Gasteiger partial charge in [0, 0.05) is 16.7 Å². The average molecular weight is 705 g/mol. The van der Waals surface area contributed by atoms with Crippen molar-refractivity contribution in [2.45, 2.75) is 69.1 Å². The van der Waals surface area contributed by atoms with Gasteiger partial charge in [0.1, 0.15) is 0 Å². The van der Waals surface area contributed by atoms with Crippen molar-refractivity contribution in [3.63, 3.8) is 0 Å². The molecule has 2 fully saturated rings. The number of aryl methyl sites for hydroxylation is 3. The van der Waals surface area contributed by atoms with Crippen molar-refractivity contribution >= 4 is 42.6 Å². The smallest absolute Gasteiger partial charge is 0.241 e. The van der Waals surface area contributed by atoms with Crippen molar-refractivity contribution in [3.8, 4) is 0 Å². The first-order valence-electron chi connectivity index (χ1n) is 14.3. The summed E-state index contributed by atoms with van der Waals surface area (Å²) < 4.78 is 55.4. The minimum absolute atomic E-state index is 0.342. The lowest BCUT2D eigenvalue weighted by molar-refractivity contribution is 0.334. The number of halogens is 1. The van der Waals surface area contributed by atoms with Crippen molar-refractivity contribution in [1.82, 2.24) is 19.2 Å². The molecule has 224 valence electrons. The van der Waals surface area contributed by atoms with Crippen LogP contribution in [0.3, 0.4) is 0 Å². The molecule has 0 saturated carbocycles. The Hall–Kier alpha value is -1.09. The van der Waals surface area contributed by atoms with E-state index in [2.05, 4.69) is 41.8 Å². The highest BCUT2D eigenvalue weighted by Gasteiger charge is 2.20. The van der Waals surface area contributed by atoms with Crippen LogP contribution in [0.5, 0.6) is 0 Å². The standard InChI is InChI=1S/C16H26N2O2S.C13H19IN2O2S/c1-13-11-14(2)16(15(3)12-13)21(19,20)17-7-6-10-18-8-4-5-9-18;14-12-4-6-13(7-5-12)19(17,18)15-8-3-11-16-9-1-2-10-16/h11-12,17H,4-10H2,1-3H3;4-7,15H,1-3,8-11H2. The SMILES string of the molecule is Cc1cc(C)c(S(=O)(=O)NCCCN2CCCC2)c(C)c1.O=S(=O)(NCCCN1CCCC1)c1ccc(I)cc1. The van der Waals surface area contributed by atoms with Crippen LogP contribution < -0.4 is 9.44 Å². The van der Waals surface area contributed by atoms with Gasteiger partial charge in [0.05, 0.1) is 9.79 Å². The number of hydrogen-bond acceptors (Lipinski definition) is 6. The summed E-state index contributed by atoms with van der Waals surface area (Å²) in [7, 11) is -6.75. The molecule has 0 unspecified atom stereocenters. The summed E-state index contributed by atoms with van der Waals surface area (Å²) in [5, 5.41) is 0. The summed E-state index contributed by atoms with van der Waals surface area (Å²) in [6.07, 6.45) is 6.82. The number of nitrogens with one attached hydrogen (secondary N) is 2. The molecule has 0 aromatic heterocycles. The van der Waals surface area contributed by atoms with Crippen molar-refractivity contribution in [3.05, 3.63) is 56.7 Å². The Bertz CT molecular complexity index is 1270. The van der Waals surface area contributed by atoms with E-state index < -0.39 is 20.0 Å². The lowest BCUT2D eigenvalue weighted by Gasteiger charge is -2.16. The molecule has 40 heavy (non-hydrogen) atoms. The molecular weight excluding hydrogens is 659 g/mol. The van der Waals surface area contributed by atoms with Crippen LogP contribution in [0.25, 0.3) is 0 Å². The van der Waals surface area contributed by atoms with Gasteiger partial charge in [0.15, 0.2) is 0 Å². The molecule has 0 aliphatic carbocycles. The van der Waals surface area contributed by atoms with Crippen molar-refractivity contribution < 1.29 is 16.8 Å². The van der Waals surface area contributed by atoms with Gasteiger partial charge in [-0.3, -0.25) is 0 Å². The Morgan fingerprint density at radius 3 is 1.57 bits per heavy atom. The maximum absolute atomic E-state index is 12.5.